The Morgan fingerprint density at radius 2 is 2.17 bits per heavy atom. The minimum absolute atomic E-state index is 0.175. The Labute approximate surface area is 105 Å². The second-order valence-electron chi connectivity index (χ2n) is 3.76. The van der Waals surface area contributed by atoms with E-state index >= 15 is 0 Å². The van der Waals surface area contributed by atoms with Crippen molar-refractivity contribution >= 4 is 11.6 Å². The second kappa shape index (κ2) is 5.33. The molecular formula is C12H15N5O. The zero-order valence-electron chi connectivity index (χ0n) is 9.80. The highest BCUT2D eigenvalue weighted by atomic mass is 16.3. The van der Waals surface area contributed by atoms with Crippen molar-refractivity contribution in [1.29, 1.82) is 0 Å². The van der Waals surface area contributed by atoms with Crippen LogP contribution in [0.2, 0.25) is 0 Å². The van der Waals surface area contributed by atoms with E-state index in [0.29, 0.717) is 18.8 Å². The van der Waals surface area contributed by atoms with Gasteiger partial charge in [0.15, 0.2) is 0 Å². The van der Waals surface area contributed by atoms with Crippen LogP contribution in [-0.4, -0.2) is 28.2 Å². The number of hydrogen-bond donors (Lipinski definition) is 4. The molecule has 6 heteroatoms. The number of nitrogens with two attached hydrogens (primary N) is 2. The van der Waals surface area contributed by atoms with Gasteiger partial charge in [0.1, 0.15) is 5.75 Å². The van der Waals surface area contributed by atoms with Crippen LogP contribution >= 0.6 is 0 Å². The molecule has 1 aromatic carbocycles. The van der Waals surface area contributed by atoms with Crippen LogP contribution in [0.15, 0.2) is 30.5 Å². The number of nitrogens with zero attached hydrogens (tertiary/aromatic N) is 2. The van der Waals surface area contributed by atoms with E-state index in [2.05, 4.69) is 15.3 Å². The Kier molecular flexibility index (Phi) is 3.59. The molecule has 6 N–H and O–H groups in total. The summed E-state index contributed by atoms with van der Waals surface area (Å²) in [4.78, 5) is 8.13. The monoisotopic (exact) mass is 245 g/mol. The van der Waals surface area contributed by atoms with Gasteiger partial charge in [0, 0.05) is 18.7 Å². The Hall–Kier alpha value is -2.34. The van der Waals surface area contributed by atoms with Crippen molar-refractivity contribution in [1.82, 2.24) is 9.97 Å². The summed E-state index contributed by atoms with van der Waals surface area (Å²) in [6, 6.07) is 6.81. The number of phenolic OH excluding ortho intramolecular Hbond substituents is 1. The van der Waals surface area contributed by atoms with E-state index < -0.39 is 0 Å². The first-order valence-electron chi connectivity index (χ1n) is 5.56. The van der Waals surface area contributed by atoms with Gasteiger partial charge in [-0.05, 0) is 12.1 Å². The molecule has 0 atom stereocenters. The van der Waals surface area contributed by atoms with E-state index in [-0.39, 0.29) is 11.7 Å². The number of benzene rings is 1. The second-order valence-corrected chi connectivity index (χ2v) is 3.76. The third-order valence-corrected chi connectivity index (χ3v) is 2.39. The fraction of sp³-hybridized carbons (Fsp3) is 0.167. The molecule has 0 radical (unpaired) electrons. The van der Waals surface area contributed by atoms with Crippen LogP contribution < -0.4 is 16.8 Å². The van der Waals surface area contributed by atoms with Crippen LogP contribution in [0, 0.1) is 0 Å². The average molecular weight is 245 g/mol. The molecule has 0 spiro atoms. The van der Waals surface area contributed by atoms with Crippen LogP contribution in [0.3, 0.4) is 0 Å². The molecule has 6 nitrogen and oxygen atoms in total. The normalized spacial score (nSPS) is 10.3. The van der Waals surface area contributed by atoms with Gasteiger partial charge in [0.05, 0.1) is 17.6 Å². The van der Waals surface area contributed by atoms with Gasteiger partial charge in [-0.3, -0.25) is 0 Å². The molecule has 0 saturated heterocycles. The molecule has 18 heavy (non-hydrogen) atoms. The topological polar surface area (TPSA) is 110 Å². The lowest BCUT2D eigenvalue weighted by atomic mass is 10.1. The summed E-state index contributed by atoms with van der Waals surface area (Å²) in [5, 5.41) is 12.6. The van der Waals surface area contributed by atoms with Gasteiger partial charge >= 0.3 is 0 Å². The van der Waals surface area contributed by atoms with Crippen molar-refractivity contribution in [3.63, 3.8) is 0 Å². The van der Waals surface area contributed by atoms with Crippen molar-refractivity contribution in [2.45, 2.75) is 0 Å². The number of phenols is 1. The van der Waals surface area contributed by atoms with Crippen molar-refractivity contribution in [2.24, 2.45) is 5.73 Å². The summed E-state index contributed by atoms with van der Waals surface area (Å²) in [5.41, 5.74) is 13.2. The van der Waals surface area contributed by atoms with Gasteiger partial charge in [-0.25, -0.2) is 9.97 Å². The smallest absolute Gasteiger partial charge is 0.220 e. The Balaban J connectivity index is 2.44. The van der Waals surface area contributed by atoms with Crippen molar-refractivity contribution in [2.75, 3.05) is 24.1 Å². The fourth-order valence-corrected chi connectivity index (χ4v) is 1.60. The van der Waals surface area contributed by atoms with Gasteiger partial charge in [-0.2, -0.15) is 0 Å². The van der Waals surface area contributed by atoms with E-state index in [1.54, 1.807) is 24.4 Å². The quantitative estimate of drug-likeness (QED) is 0.634. The molecule has 1 heterocycles. The Morgan fingerprint density at radius 1 is 1.33 bits per heavy atom. The zero-order chi connectivity index (χ0) is 13.0. The molecule has 0 saturated carbocycles. The third-order valence-electron chi connectivity index (χ3n) is 2.39. The lowest BCUT2D eigenvalue weighted by molar-refractivity contribution is 0.475. The molecule has 0 fully saturated rings. The highest BCUT2D eigenvalue weighted by Gasteiger charge is 2.08. The number of nitrogen functional groups attached to an aromatic ring is 1. The number of rotatable bonds is 4. The summed E-state index contributed by atoms with van der Waals surface area (Å²) in [5.74, 6) is 0.362. The largest absolute Gasteiger partial charge is 0.508 e. The van der Waals surface area contributed by atoms with Gasteiger partial charge in [0.25, 0.3) is 0 Å². The van der Waals surface area contributed by atoms with E-state index in [1.165, 1.54) is 0 Å². The molecule has 0 aliphatic rings. The molecule has 0 unspecified atom stereocenters. The van der Waals surface area contributed by atoms with Crippen molar-refractivity contribution < 1.29 is 5.11 Å². The van der Waals surface area contributed by atoms with Crippen molar-refractivity contribution in [3.8, 4) is 17.0 Å². The molecule has 2 rings (SSSR count). The van der Waals surface area contributed by atoms with Gasteiger partial charge < -0.3 is 21.9 Å². The van der Waals surface area contributed by atoms with Crippen molar-refractivity contribution in [3.05, 3.63) is 30.5 Å². The van der Waals surface area contributed by atoms with Gasteiger partial charge in [-0.15, -0.1) is 0 Å². The SMILES string of the molecule is NCCNc1cnc(N)nc1-c1cccc(O)c1. The number of aromatic nitrogens is 2. The maximum absolute atomic E-state index is 9.50. The minimum Gasteiger partial charge on any atom is -0.508 e. The summed E-state index contributed by atoms with van der Waals surface area (Å²) in [7, 11) is 0. The Morgan fingerprint density at radius 3 is 2.89 bits per heavy atom. The fourth-order valence-electron chi connectivity index (χ4n) is 1.60. The third kappa shape index (κ3) is 2.67. The Bertz CT molecular complexity index is 544. The lowest BCUT2D eigenvalue weighted by Gasteiger charge is -2.10. The maximum Gasteiger partial charge on any atom is 0.220 e. The first-order valence-corrected chi connectivity index (χ1v) is 5.56. The molecule has 0 aliphatic carbocycles. The van der Waals surface area contributed by atoms with Crippen LogP contribution in [0.25, 0.3) is 11.3 Å². The molecule has 0 amide bonds. The van der Waals surface area contributed by atoms with Crippen LogP contribution in [0.1, 0.15) is 0 Å². The molecular weight excluding hydrogens is 230 g/mol. The van der Waals surface area contributed by atoms with Crippen LogP contribution in [0.5, 0.6) is 5.75 Å². The summed E-state index contributed by atoms with van der Waals surface area (Å²) >= 11 is 0. The molecule has 0 bridgehead atoms. The average Bonchev–Trinajstić information content (AvgIpc) is 2.37. The lowest BCUT2D eigenvalue weighted by Crippen LogP contribution is -2.14. The predicted molar refractivity (Wildman–Crippen MR) is 71.1 cm³/mol. The number of anilines is 2. The maximum atomic E-state index is 9.50. The number of nitrogens with one attached hydrogen (secondary N) is 1. The molecule has 2 aromatic rings. The standard InChI is InChI=1S/C12H15N5O/c13-4-5-15-10-7-16-12(14)17-11(10)8-2-1-3-9(18)6-8/h1-3,6-7,15,18H,4-5,13H2,(H2,14,16,17). The summed E-state index contributed by atoms with van der Waals surface area (Å²) < 4.78 is 0. The van der Waals surface area contributed by atoms with Gasteiger partial charge in [0.2, 0.25) is 5.95 Å². The van der Waals surface area contributed by atoms with E-state index in [1.807, 2.05) is 6.07 Å². The van der Waals surface area contributed by atoms with Crippen LogP contribution in [-0.2, 0) is 0 Å². The highest BCUT2D eigenvalue weighted by molar-refractivity contribution is 5.75. The number of hydrogen-bond acceptors (Lipinski definition) is 6. The first-order chi connectivity index (χ1) is 8.70. The summed E-state index contributed by atoms with van der Waals surface area (Å²) in [6.45, 7) is 1.11. The van der Waals surface area contributed by atoms with Gasteiger partial charge in [-0.1, -0.05) is 12.1 Å². The molecule has 1 aromatic heterocycles. The minimum atomic E-state index is 0.175. The van der Waals surface area contributed by atoms with E-state index in [0.717, 1.165) is 11.3 Å². The van der Waals surface area contributed by atoms with Crippen LogP contribution in [0.4, 0.5) is 11.6 Å². The summed E-state index contributed by atoms with van der Waals surface area (Å²) in [6.07, 6.45) is 1.61. The highest BCUT2D eigenvalue weighted by Crippen LogP contribution is 2.28. The predicted octanol–water partition coefficient (Wildman–Crippen LogP) is 0.802. The zero-order valence-corrected chi connectivity index (χ0v) is 9.80. The first kappa shape index (κ1) is 12.1. The van der Waals surface area contributed by atoms with E-state index in [4.69, 9.17) is 11.5 Å². The molecule has 0 aliphatic heterocycles. The van der Waals surface area contributed by atoms with E-state index in [9.17, 15) is 5.11 Å². The number of aromatic hydroxyl groups is 1. The molecule has 94 valence electrons.